The highest BCUT2D eigenvalue weighted by Gasteiger charge is 2.07. The van der Waals surface area contributed by atoms with E-state index in [1.165, 1.54) is 17.8 Å². The number of benzene rings is 1. The van der Waals surface area contributed by atoms with Crippen LogP contribution in [0.5, 0.6) is 0 Å². The molecule has 1 rings (SSSR count). The van der Waals surface area contributed by atoms with E-state index >= 15 is 0 Å². The first-order chi connectivity index (χ1) is 8.67. The molecule has 5 heteroatoms. The first-order valence-electron chi connectivity index (χ1n) is 5.39. The molecule has 0 saturated carbocycles. The first-order valence-corrected chi connectivity index (χ1v) is 6.62. The average molecular weight is 265 g/mol. The largest absolute Gasteiger partial charge is 0.452 e. The molecule has 0 aromatic heterocycles. The second kappa shape index (κ2) is 7.55. The lowest BCUT2D eigenvalue weighted by Gasteiger charge is -2.08. The average Bonchev–Trinajstić information content (AvgIpc) is 2.37. The Labute approximate surface area is 110 Å². The van der Waals surface area contributed by atoms with E-state index in [1.54, 1.807) is 19.1 Å². The quantitative estimate of drug-likeness (QED) is 0.505. The maximum atomic E-state index is 11.6. The maximum Gasteiger partial charge on any atom is 0.330 e. The van der Waals surface area contributed by atoms with Crippen molar-refractivity contribution in [1.29, 1.82) is 0 Å². The second-order valence-electron chi connectivity index (χ2n) is 3.36. The highest BCUT2D eigenvalue weighted by Crippen LogP contribution is 2.24. The summed E-state index contributed by atoms with van der Waals surface area (Å²) in [6.07, 6.45) is 4.75. The lowest BCUT2D eigenvalue weighted by molar-refractivity contribution is -0.142. The van der Waals surface area contributed by atoms with Gasteiger partial charge in [-0.15, -0.1) is 11.8 Å². The Kier molecular flexibility index (Phi) is 6.00. The normalized spacial score (nSPS) is 10.3. The van der Waals surface area contributed by atoms with Gasteiger partial charge in [0.1, 0.15) is 0 Å². The number of hydrogen-bond donors (Lipinski definition) is 1. The van der Waals surface area contributed by atoms with Crippen LogP contribution < -0.4 is 5.32 Å². The van der Waals surface area contributed by atoms with E-state index in [4.69, 9.17) is 4.74 Å². The van der Waals surface area contributed by atoms with Gasteiger partial charge in [-0.1, -0.05) is 18.2 Å². The molecule has 4 nitrogen and oxygen atoms in total. The topological polar surface area (TPSA) is 55.4 Å². The van der Waals surface area contributed by atoms with Crippen LogP contribution in [0.15, 0.2) is 41.3 Å². The molecule has 0 unspecified atom stereocenters. The first kappa shape index (κ1) is 14.3. The van der Waals surface area contributed by atoms with Gasteiger partial charge in [-0.25, -0.2) is 4.79 Å². The van der Waals surface area contributed by atoms with E-state index in [0.717, 1.165) is 10.6 Å². The SMILES string of the molecule is C/C=C/C(=O)OCC(=O)Nc1ccccc1SC. The summed E-state index contributed by atoms with van der Waals surface area (Å²) in [5, 5.41) is 2.70. The molecule has 0 aliphatic heterocycles. The van der Waals surface area contributed by atoms with Crippen LogP contribution in [-0.2, 0) is 14.3 Å². The minimum absolute atomic E-state index is 0.286. The number of para-hydroxylation sites is 1. The van der Waals surface area contributed by atoms with Crippen LogP contribution in [0.4, 0.5) is 5.69 Å². The van der Waals surface area contributed by atoms with Gasteiger partial charge >= 0.3 is 5.97 Å². The van der Waals surface area contributed by atoms with E-state index in [-0.39, 0.29) is 12.5 Å². The Morgan fingerprint density at radius 3 is 2.78 bits per heavy atom. The van der Waals surface area contributed by atoms with Crippen molar-refractivity contribution in [2.24, 2.45) is 0 Å². The van der Waals surface area contributed by atoms with Crippen LogP contribution in [0.2, 0.25) is 0 Å². The van der Waals surface area contributed by atoms with Gasteiger partial charge in [0, 0.05) is 11.0 Å². The number of esters is 1. The van der Waals surface area contributed by atoms with E-state index in [0.29, 0.717) is 0 Å². The molecule has 0 atom stereocenters. The smallest absolute Gasteiger partial charge is 0.330 e. The minimum Gasteiger partial charge on any atom is -0.452 e. The summed E-state index contributed by atoms with van der Waals surface area (Å²) in [6.45, 7) is 1.42. The van der Waals surface area contributed by atoms with Crippen LogP contribution >= 0.6 is 11.8 Å². The number of allylic oxidation sites excluding steroid dienone is 1. The van der Waals surface area contributed by atoms with Gasteiger partial charge < -0.3 is 10.1 Å². The van der Waals surface area contributed by atoms with Gasteiger partial charge in [-0.2, -0.15) is 0 Å². The molecule has 1 amide bonds. The summed E-state index contributed by atoms with van der Waals surface area (Å²) in [4.78, 5) is 23.6. The summed E-state index contributed by atoms with van der Waals surface area (Å²) in [5.41, 5.74) is 0.720. The van der Waals surface area contributed by atoms with Crippen molar-refractivity contribution < 1.29 is 14.3 Å². The summed E-state index contributed by atoms with van der Waals surface area (Å²) in [7, 11) is 0. The summed E-state index contributed by atoms with van der Waals surface area (Å²) in [6, 6.07) is 7.44. The van der Waals surface area contributed by atoms with Crippen LogP contribution in [-0.4, -0.2) is 24.7 Å². The predicted octanol–water partition coefficient (Wildman–Crippen LogP) is 2.47. The molecule has 0 fully saturated rings. The summed E-state index contributed by atoms with van der Waals surface area (Å²) < 4.78 is 4.75. The van der Waals surface area contributed by atoms with Gasteiger partial charge in [-0.3, -0.25) is 4.79 Å². The zero-order valence-electron chi connectivity index (χ0n) is 10.3. The molecular formula is C13H15NO3S. The van der Waals surface area contributed by atoms with Gasteiger partial charge in [0.15, 0.2) is 6.61 Å². The fourth-order valence-electron chi connectivity index (χ4n) is 1.26. The number of carbonyl (C=O) groups excluding carboxylic acids is 2. The van der Waals surface area contributed by atoms with E-state index < -0.39 is 5.97 Å². The number of anilines is 1. The molecule has 0 heterocycles. The minimum atomic E-state index is -0.522. The Balaban J connectivity index is 2.52. The summed E-state index contributed by atoms with van der Waals surface area (Å²) >= 11 is 1.54. The van der Waals surface area contributed by atoms with Gasteiger partial charge in [0.05, 0.1) is 5.69 Å². The Morgan fingerprint density at radius 2 is 2.11 bits per heavy atom. The molecule has 18 heavy (non-hydrogen) atoms. The Hall–Kier alpha value is -1.75. The molecule has 0 aliphatic rings. The number of thioether (sulfide) groups is 1. The fourth-order valence-corrected chi connectivity index (χ4v) is 1.81. The van der Waals surface area contributed by atoms with E-state index in [1.807, 2.05) is 24.5 Å². The lowest BCUT2D eigenvalue weighted by atomic mass is 10.3. The molecule has 96 valence electrons. The molecule has 0 aliphatic carbocycles. The van der Waals surface area contributed by atoms with Crippen molar-refractivity contribution in [1.82, 2.24) is 0 Å². The highest BCUT2D eigenvalue weighted by molar-refractivity contribution is 7.98. The van der Waals surface area contributed by atoms with Crippen LogP contribution in [0.25, 0.3) is 0 Å². The zero-order valence-corrected chi connectivity index (χ0v) is 11.1. The van der Waals surface area contributed by atoms with Crippen molar-refractivity contribution in [3.05, 3.63) is 36.4 Å². The number of nitrogens with one attached hydrogen (secondary N) is 1. The molecule has 0 spiro atoms. The van der Waals surface area contributed by atoms with Crippen LogP contribution in [0, 0.1) is 0 Å². The monoisotopic (exact) mass is 265 g/mol. The standard InChI is InChI=1S/C13H15NO3S/c1-3-6-13(16)17-9-12(15)14-10-7-4-5-8-11(10)18-2/h3-8H,9H2,1-2H3,(H,14,15)/b6-3+. The molecule has 1 aromatic carbocycles. The Bertz CT molecular complexity index is 457. The fraction of sp³-hybridized carbons (Fsp3) is 0.231. The second-order valence-corrected chi connectivity index (χ2v) is 4.20. The van der Waals surface area contributed by atoms with E-state index in [9.17, 15) is 9.59 Å². The number of hydrogen-bond acceptors (Lipinski definition) is 4. The van der Waals surface area contributed by atoms with E-state index in [2.05, 4.69) is 5.32 Å². The van der Waals surface area contributed by atoms with Crippen LogP contribution in [0.3, 0.4) is 0 Å². The molecule has 0 radical (unpaired) electrons. The predicted molar refractivity (Wildman–Crippen MR) is 72.6 cm³/mol. The molecule has 1 aromatic rings. The van der Waals surface area contributed by atoms with Crippen molar-refractivity contribution in [2.75, 3.05) is 18.2 Å². The third-order valence-electron chi connectivity index (χ3n) is 2.03. The maximum absolute atomic E-state index is 11.6. The van der Waals surface area contributed by atoms with Crippen molar-refractivity contribution in [2.45, 2.75) is 11.8 Å². The molecule has 0 bridgehead atoms. The third-order valence-corrected chi connectivity index (χ3v) is 2.83. The lowest BCUT2D eigenvalue weighted by Crippen LogP contribution is -2.20. The highest BCUT2D eigenvalue weighted by atomic mass is 32.2. The van der Waals surface area contributed by atoms with Crippen molar-refractivity contribution in [3.8, 4) is 0 Å². The number of ether oxygens (including phenoxy) is 1. The van der Waals surface area contributed by atoms with Crippen LogP contribution in [0.1, 0.15) is 6.92 Å². The van der Waals surface area contributed by atoms with Gasteiger partial charge in [-0.05, 0) is 25.3 Å². The summed E-state index contributed by atoms with van der Waals surface area (Å²) in [5.74, 6) is -0.875. The third kappa shape index (κ3) is 4.63. The zero-order chi connectivity index (χ0) is 13.4. The molecule has 1 N–H and O–H groups in total. The molecule has 0 saturated heterocycles. The van der Waals surface area contributed by atoms with Crippen molar-refractivity contribution >= 4 is 29.3 Å². The van der Waals surface area contributed by atoms with Crippen molar-refractivity contribution in [3.63, 3.8) is 0 Å². The number of rotatable bonds is 5. The van der Waals surface area contributed by atoms with Gasteiger partial charge in [0.2, 0.25) is 0 Å². The Morgan fingerprint density at radius 1 is 1.39 bits per heavy atom. The number of amides is 1. The van der Waals surface area contributed by atoms with Gasteiger partial charge in [0.25, 0.3) is 5.91 Å². The number of carbonyl (C=O) groups is 2. The molecular weight excluding hydrogens is 250 g/mol.